The summed E-state index contributed by atoms with van der Waals surface area (Å²) in [7, 11) is 5.69. The Morgan fingerprint density at radius 1 is 1.05 bits per heavy atom. The Hall–Kier alpha value is -0.490. The zero-order chi connectivity index (χ0) is 14.1. The molecule has 0 N–H and O–H groups in total. The van der Waals surface area contributed by atoms with Gasteiger partial charge < -0.3 is 14.4 Å². The van der Waals surface area contributed by atoms with Gasteiger partial charge in [-0.05, 0) is 43.5 Å². The first-order chi connectivity index (χ1) is 9.74. The van der Waals surface area contributed by atoms with E-state index in [0.717, 1.165) is 23.5 Å². The number of likely N-dealkylation sites (N-methyl/N-ethyl adjacent to an activating group) is 1. The summed E-state index contributed by atoms with van der Waals surface area (Å²) >= 11 is 0. The molecule has 4 heteroatoms. The van der Waals surface area contributed by atoms with E-state index >= 15 is 0 Å². The largest absolute Gasteiger partial charge is 0.493 e. The molecule has 3 rings (SSSR count). The summed E-state index contributed by atoms with van der Waals surface area (Å²) in [4.78, 5) is 2.56. The maximum atomic E-state index is 5.46. The normalized spacial score (nSPS) is 28.6. The van der Waals surface area contributed by atoms with Crippen LogP contribution in [0.15, 0.2) is 18.2 Å². The van der Waals surface area contributed by atoms with Crippen LogP contribution >= 0.6 is 24.0 Å². The van der Waals surface area contributed by atoms with E-state index in [2.05, 4.69) is 24.1 Å². The quantitative estimate of drug-likeness (QED) is 0.715. The number of likely N-dealkylation sites (tertiary alicyclic amines) is 1. The van der Waals surface area contributed by atoms with E-state index < -0.39 is 0 Å². The van der Waals surface area contributed by atoms with Crippen LogP contribution in [-0.4, -0.2) is 38.8 Å². The molecule has 2 aliphatic rings. The van der Waals surface area contributed by atoms with Crippen molar-refractivity contribution in [2.24, 2.45) is 5.92 Å². The molecule has 1 saturated carbocycles. The van der Waals surface area contributed by atoms with E-state index in [1.54, 1.807) is 14.2 Å². The third-order valence-electron chi connectivity index (χ3n) is 5.18. The predicted molar refractivity (Wildman–Crippen MR) is 96.1 cm³/mol. The van der Waals surface area contributed by atoms with Gasteiger partial charge in [-0.1, -0.05) is 18.9 Å². The van der Waals surface area contributed by atoms with Crippen molar-refractivity contribution in [3.63, 3.8) is 0 Å². The second-order valence-corrected chi connectivity index (χ2v) is 6.18. The van der Waals surface area contributed by atoms with Gasteiger partial charge in [0.2, 0.25) is 0 Å². The van der Waals surface area contributed by atoms with Crippen molar-refractivity contribution >= 4 is 24.0 Å². The van der Waals surface area contributed by atoms with Crippen LogP contribution < -0.4 is 9.47 Å². The van der Waals surface area contributed by atoms with Crippen LogP contribution in [0.5, 0.6) is 11.5 Å². The number of hydrogen-bond acceptors (Lipinski definition) is 3. The standard InChI is InChI=1S/C17H25NO2.HI/c1-18-11-14(13-6-4-5-7-15(13)18)12-8-9-16(19-2)17(10-12)20-3;/h8-10,13-15H,4-7,11H2,1-3H3;1H. The summed E-state index contributed by atoms with van der Waals surface area (Å²) in [5.41, 5.74) is 1.41. The van der Waals surface area contributed by atoms with Crippen LogP contribution in [0.2, 0.25) is 0 Å². The van der Waals surface area contributed by atoms with Crippen molar-refractivity contribution in [1.29, 1.82) is 0 Å². The minimum Gasteiger partial charge on any atom is -0.493 e. The van der Waals surface area contributed by atoms with Crippen LogP contribution in [0.1, 0.15) is 37.2 Å². The summed E-state index contributed by atoms with van der Waals surface area (Å²) in [6.45, 7) is 1.17. The molecule has 118 valence electrons. The number of halogens is 1. The molecule has 1 aliphatic heterocycles. The van der Waals surface area contributed by atoms with Crippen molar-refractivity contribution in [2.75, 3.05) is 27.8 Å². The maximum Gasteiger partial charge on any atom is 0.160 e. The van der Waals surface area contributed by atoms with Gasteiger partial charge >= 0.3 is 0 Å². The first kappa shape index (κ1) is 16.9. The molecule has 3 unspecified atom stereocenters. The highest BCUT2D eigenvalue weighted by atomic mass is 127. The molecule has 1 aliphatic carbocycles. The first-order valence-electron chi connectivity index (χ1n) is 7.66. The fourth-order valence-corrected chi connectivity index (χ4v) is 4.17. The molecule has 21 heavy (non-hydrogen) atoms. The number of ether oxygens (including phenoxy) is 2. The molecular weight excluding hydrogens is 377 g/mol. The summed E-state index contributed by atoms with van der Waals surface area (Å²) in [6, 6.07) is 7.22. The molecule has 0 radical (unpaired) electrons. The second kappa shape index (κ2) is 7.18. The molecule has 1 aromatic carbocycles. The van der Waals surface area contributed by atoms with Crippen molar-refractivity contribution in [2.45, 2.75) is 37.6 Å². The maximum absolute atomic E-state index is 5.46. The smallest absolute Gasteiger partial charge is 0.160 e. The average molecular weight is 403 g/mol. The zero-order valence-electron chi connectivity index (χ0n) is 13.2. The lowest BCUT2D eigenvalue weighted by molar-refractivity contribution is 0.212. The third-order valence-corrected chi connectivity index (χ3v) is 5.18. The molecule has 3 atom stereocenters. The van der Waals surface area contributed by atoms with Gasteiger partial charge in [-0.25, -0.2) is 0 Å². The van der Waals surface area contributed by atoms with Gasteiger partial charge in [0, 0.05) is 18.5 Å². The van der Waals surface area contributed by atoms with Crippen LogP contribution in [0.3, 0.4) is 0 Å². The van der Waals surface area contributed by atoms with Crippen LogP contribution in [0, 0.1) is 5.92 Å². The molecule has 1 saturated heterocycles. The van der Waals surface area contributed by atoms with Crippen LogP contribution in [0.4, 0.5) is 0 Å². The number of fused-ring (bicyclic) bond motifs is 1. The highest BCUT2D eigenvalue weighted by Gasteiger charge is 2.41. The Kier molecular flexibility index (Phi) is 5.77. The summed E-state index contributed by atoms with van der Waals surface area (Å²) in [5, 5.41) is 0. The first-order valence-corrected chi connectivity index (χ1v) is 7.66. The van der Waals surface area contributed by atoms with Gasteiger partial charge in [0.05, 0.1) is 14.2 Å². The van der Waals surface area contributed by atoms with Gasteiger partial charge in [-0.2, -0.15) is 0 Å². The number of rotatable bonds is 3. The average Bonchev–Trinajstić information content (AvgIpc) is 2.84. The monoisotopic (exact) mass is 403 g/mol. The number of hydrogen-bond donors (Lipinski definition) is 0. The molecule has 0 amide bonds. The van der Waals surface area contributed by atoms with Gasteiger partial charge in [-0.15, -0.1) is 24.0 Å². The topological polar surface area (TPSA) is 21.7 Å². The fraction of sp³-hybridized carbons (Fsp3) is 0.647. The highest BCUT2D eigenvalue weighted by molar-refractivity contribution is 14.0. The van der Waals surface area contributed by atoms with Crippen LogP contribution in [0.25, 0.3) is 0 Å². The van der Waals surface area contributed by atoms with Crippen molar-refractivity contribution in [3.8, 4) is 11.5 Å². The molecule has 1 heterocycles. The third kappa shape index (κ3) is 3.16. The van der Waals surface area contributed by atoms with Crippen molar-refractivity contribution in [1.82, 2.24) is 4.90 Å². The predicted octanol–water partition coefficient (Wildman–Crippen LogP) is 3.91. The number of benzene rings is 1. The Morgan fingerprint density at radius 3 is 2.48 bits per heavy atom. The second-order valence-electron chi connectivity index (χ2n) is 6.18. The van der Waals surface area contributed by atoms with Gasteiger partial charge in [0.25, 0.3) is 0 Å². The van der Waals surface area contributed by atoms with E-state index in [-0.39, 0.29) is 24.0 Å². The Morgan fingerprint density at radius 2 is 1.76 bits per heavy atom. The van der Waals surface area contributed by atoms with Gasteiger partial charge in [-0.3, -0.25) is 0 Å². The molecule has 3 nitrogen and oxygen atoms in total. The van der Waals surface area contributed by atoms with E-state index in [9.17, 15) is 0 Å². The zero-order valence-corrected chi connectivity index (χ0v) is 15.5. The molecule has 2 fully saturated rings. The summed E-state index contributed by atoms with van der Waals surface area (Å²) in [5.74, 6) is 3.13. The number of nitrogens with zero attached hydrogens (tertiary/aromatic N) is 1. The lowest BCUT2D eigenvalue weighted by atomic mass is 9.77. The van der Waals surface area contributed by atoms with E-state index in [4.69, 9.17) is 9.47 Å². The number of methoxy groups -OCH3 is 2. The molecule has 0 spiro atoms. The van der Waals surface area contributed by atoms with Crippen molar-refractivity contribution in [3.05, 3.63) is 23.8 Å². The van der Waals surface area contributed by atoms with E-state index in [1.165, 1.54) is 37.8 Å². The molecule has 0 aromatic heterocycles. The molecule has 1 aromatic rings. The summed E-state index contributed by atoms with van der Waals surface area (Å²) in [6.07, 6.45) is 5.52. The van der Waals surface area contributed by atoms with E-state index in [0.29, 0.717) is 5.92 Å². The van der Waals surface area contributed by atoms with E-state index in [1.807, 2.05) is 6.07 Å². The lowest BCUT2D eigenvalue weighted by Gasteiger charge is -2.31. The van der Waals surface area contributed by atoms with Gasteiger partial charge in [0.15, 0.2) is 11.5 Å². The SMILES string of the molecule is COc1ccc(C2CN(C)C3CCCCC23)cc1OC.I. The Labute approximate surface area is 145 Å². The highest BCUT2D eigenvalue weighted by Crippen LogP contribution is 2.45. The van der Waals surface area contributed by atoms with Gasteiger partial charge in [0.1, 0.15) is 0 Å². The Balaban J connectivity index is 0.00000161. The van der Waals surface area contributed by atoms with Crippen molar-refractivity contribution < 1.29 is 9.47 Å². The molecule has 0 bridgehead atoms. The fourth-order valence-electron chi connectivity index (χ4n) is 4.17. The Bertz CT molecular complexity index is 480. The summed E-state index contributed by atoms with van der Waals surface area (Å²) < 4.78 is 10.8. The molecular formula is C17H26INO2. The van der Waals surface area contributed by atoms with Crippen LogP contribution in [-0.2, 0) is 0 Å². The minimum atomic E-state index is 0. The minimum absolute atomic E-state index is 0. The lowest BCUT2D eigenvalue weighted by Crippen LogP contribution is -2.31.